The number of alkyl halides is 1. The maximum Gasteiger partial charge on any atom is 0.126 e. The second kappa shape index (κ2) is 3.01. The van der Waals surface area contributed by atoms with Crippen molar-refractivity contribution in [3.63, 3.8) is 0 Å². The minimum atomic E-state index is 0.622. The highest BCUT2D eigenvalue weighted by Gasteiger charge is 1.98. The molecule has 1 rings (SSSR count). The molecule has 0 fully saturated rings. The average molecular weight is 201 g/mol. The Morgan fingerprint density at radius 1 is 1.70 bits per heavy atom. The third kappa shape index (κ3) is 1.29. The molecule has 10 heavy (non-hydrogen) atoms. The van der Waals surface area contributed by atoms with Crippen LogP contribution < -0.4 is 5.73 Å². The fourth-order valence-corrected chi connectivity index (χ4v) is 1.35. The first-order valence-corrected chi connectivity index (χ1v) is 4.13. The zero-order chi connectivity index (χ0) is 7.56. The Morgan fingerprint density at radius 2 is 2.40 bits per heavy atom. The molecule has 0 aliphatic heterocycles. The van der Waals surface area contributed by atoms with Gasteiger partial charge in [-0.2, -0.15) is 0 Å². The van der Waals surface area contributed by atoms with Gasteiger partial charge >= 0.3 is 0 Å². The molecule has 0 atom stereocenters. The van der Waals surface area contributed by atoms with Crippen LogP contribution in [0.3, 0.4) is 0 Å². The number of nitrogen functional groups attached to an aromatic ring is 1. The maximum atomic E-state index is 5.56. The predicted octanol–water partition coefficient (Wildman–Crippen LogP) is 1.87. The number of hydrogen-bond donors (Lipinski definition) is 1. The number of anilines is 1. The quantitative estimate of drug-likeness (QED) is 0.704. The number of halogens is 1. The number of rotatable bonds is 1. The van der Waals surface area contributed by atoms with E-state index < -0.39 is 0 Å². The van der Waals surface area contributed by atoms with Crippen LogP contribution in [0.15, 0.2) is 12.3 Å². The summed E-state index contributed by atoms with van der Waals surface area (Å²) >= 11 is 3.36. The largest absolute Gasteiger partial charge is 0.383 e. The van der Waals surface area contributed by atoms with Crippen molar-refractivity contribution in [1.29, 1.82) is 0 Å². The van der Waals surface area contributed by atoms with Gasteiger partial charge in [-0.05, 0) is 24.1 Å². The molecule has 0 aliphatic carbocycles. The molecular weight excluding hydrogens is 192 g/mol. The number of nitrogens with two attached hydrogens (primary N) is 1. The predicted molar refractivity (Wildman–Crippen MR) is 46.0 cm³/mol. The normalized spacial score (nSPS) is 9.80. The monoisotopic (exact) mass is 200 g/mol. The molecule has 1 aromatic rings. The zero-order valence-electron chi connectivity index (χ0n) is 5.76. The Kier molecular flexibility index (Phi) is 2.27. The Hall–Kier alpha value is -0.570. The molecule has 0 aromatic carbocycles. The number of pyridine rings is 1. The standard InChI is InChI=1S/C7H9BrN2/c1-5-6(4-8)2-3-10-7(5)9/h2-3H,4H2,1H3,(H2,9,10). The van der Waals surface area contributed by atoms with Gasteiger partial charge < -0.3 is 5.73 Å². The summed E-state index contributed by atoms with van der Waals surface area (Å²) in [6, 6.07) is 1.96. The lowest BCUT2D eigenvalue weighted by Crippen LogP contribution is -1.96. The van der Waals surface area contributed by atoms with E-state index in [1.54, 1.807) is 6.20 Å². The van der Waals surface area contributed by atoms with Crippen molar-refractivity contribution >= 4 is 21.7 Å². The summed E-state index contributed by atoms with van der Waals surface area (Å²) in [5, 5.41) is 0.839. The van der Waals surface area contributed by atoms with Crippen LogP contribution in [0.4, 0.5) is 5.82 Å². The van der Waals surface area contributed by atoms with Crippen molar-refractivity contribution in [2.24, 2.45) is 0 Å². The summed E-state index contributed by atoms with van der Waals surface area (Å²) in [6.45, 7) is 1.97. The molecule has 1 aromatic heterocycles. The second-order valence-corrected chi connectivity index (χ2v) is 2.67. The van der Waals surface area contributed by atoms with E-state index in [9.17, 15) is 0 Å². The molecule has 0 radical (unpaired) electrons. The molecule has 0 unspecified atom stereocenters. The summed E-state index contributed by atoms with van der Waals surface area (Å²) in [5.74, 6) is 0.622. The minimum Gasteiger partial charge on any atom is -0.383 e. The summed E-state index contributed by atoms with van der Waals surface area (Å²) < 4.78 is 0. The molecule has 0 spiro atoms. The molecule has 0 saturated carbocycles. The van der Waals surface area contributed by atoms with Gasteiger partial charge in [-0.15, -0.1) is 0 Å². The second-order valence-electron chi connectivity index (χ2n) is 2.11. The summed E-state index contributed by atoms with van der Waals surface area (Å²) in [4.78, 5) is 3.94. The molecule has 1 heterocycles. The van der Waals surface area contributed by atoms with Crippen molar-refractivity contribution in [3.05, 3.63) is 23.4 Å². The Morgan fingerprint density at radius 3 is 2.90 bits per heavy atom. The Bertz CT molecular complexity index is 235. The number of nitrogens with zero attached hydrogens (tertiary/aromatic N) is 1. The first kappa shape index (κ1) is 7.54. The highest BCUT2D eigenvalue weighted by Crippen LogP contribution is 2.14. The van der Waals surface area contributed by atoms with E-state index in [0.717, 1.165) is 10.9 Å². The van der Waals surface area contributed by atoms with Crippen LogP contribution in [0.25, 0.3) is 0 Å². The van der Waals surface area contributed by atoms with Crippen LogP contribution in [0.1, 0.15) is 11.1 Å². The van der Waals surface area contributed by atoms with Crippen LogP contribution >= 0.6 is 15.9 Å². The molecule has 0 saturated heterocycles. The first-order chi connectivity index (χ1) is 4.75. The van der Waals surface area contributed by atoms with Gasteiger partial charge in [0.2, 0.25) is 0 Å². The number of aromatic nitrogens is 1. The summed E-state index contributed by atoms with van der Waals surface area (Å²) in [7, 11) is 0. The molecular formula is C7H9BrN2. The lowest BCUT2D eigenvalue weighted by molar-refractivity contribution is 1.22. The molecule has 2 nitrogen and oxygen atoms in total. The molecule has 0 aliphatic rings. The molecule has 54 valence electrons. The van der Waals surface area contributed by atoms with Gasteiger partial charge in [0.25, 0.3) is 0 Å². The van der Waals surface area contributed by atoms with Crippen molar-refractivity contribution in [2.45, 2.75) is 12.3 Å². The van der Waals surface area contributed by atoms with Crippen molar-refractivity contribution in [3.8, 4) is 0 Å². The zero-order valence-corrected chi connectivity index (χ0v) is 7.35. The molecule has 0 bridgehead atoms. The lowest BCUT2D eigenvalue weighted by atomic mass is 10.2. The topological polar surface area (TPSA) is 38.9 Å². The third-order valence-corrected chi connectivity index (χ3v) is 2.10. The van der Waals surface area contributed by atoms with E-state index in [1.165, 1.54) is 5.56 Å². The number of hydrogen-bond acceptors (Lipinski definition) is 2. The van der Waals surface area contributed by atoms with Crippen LogP contribution in [-0.2, 0) is 5.33 Å². The van der Waals surface area contributed by atoms with Crippen LogP contribution in [0.5, 0.6) is 0 Å². The van der Waals surface area contributed by atoms with E-state index in [4.69, 9.17) is 5.73 Å². The van der Waals surface area contributed by atoms with Crippen molar-refractivity contribution < 1.29 is 0 Å². The smallest absolute Gasteiger partial charge is 0.126 e. The van der Waals surface area contributed by atoms with Gasteiger partial charge in [-0.3, -0.25) is 0 Å². The van der Waals surface area contributed by atoms with Gasteiger partial charge in [-0.1, -0.05) is 15.9 Å². The average Bonchev–Trinajstić information content (AvgIpc) is 1.95. The fourth-order valence-electron chi connectivity index (χ4n) is 0.739. The fraction of sp³-hybridized carbons (Fsp3) is 0.286. The van der Waals surface area contributed by atoms with E-state index in [2.05, 4.69) is 20.9 Å². The van der Waals surface area contributed by atoms with Crippen LogP contribution in [0.2, 0.25) is 0 Å². The van der Waals surface area contributed by atoms with Crippen molar-refractivity contribution in [1.82, 2.24) is 4.98 Å². The minimum absolute atomic E-state index is 0.622. The van der Waals surface area contributed by atoms with Crippen LogP contribution in [-0.4, -0.2) is 4.98 Å². The van der Waals surface area contributed by atoms with Gasteiger partial charge in [0.05, 0.1) is 0 Å². The highest BCUT2D eigenvalue weighted by molar-refractivity contribution is 9.08. The Labute approximate surface area is 68.6 Å². The molecule has 0 amide bonds. The first-order valence-electron chi connectivity index (χ1n) is 3.01. The lowest BCUT2D eigenvalue weighted by Gasteiger charge is -2.02. The molecule has 2 N–H and O–H groups in total. The Balaban J connectivity index is 3.14. The SMILES string of the molecule is Cc1c(CBr)ccnc1N. The van der Waals surface area contributed by atoms with Gasteiger partial charge in [0.1, 0.15) is 5.82 Å². The summed E-state index contributed by atoms with van der Waals surface area (Å²) in [5.41, 5.74) is 7.83. The van der Waals surface area contributed by atoms with Crippen LogP contribution in [0, 0.1) is 6.92 Å². The van der Waals surface area contributed by atoms with E-state index in [-0.39, 0.29) is 0 Å². The van der Waals surface area contributed by atoms with Gasteiger partial charge in [-0.25, -0.2) is 4.98 Å². The van der Waals surface area contributed by atoms with Gasteiger partial charge in [0.15, 0.2) is 0 Å². The third-order valence-electron chi connectivity index (χ3n) is 1.50. The highest BCUT2D eigenvalue weighted by atomic mass is 79.9. The molecule has 3 heteroatoms. The van der Waals surface area contributed by atoms with Gasteiger partial charge in [0, 0.05) is 11.5 Å². The summed E-state index contributed by atoms with van der Waals surface area (Å²) in [6.07, 6.45) is 1.72. The van der Waals surface area contributed by atoms with E-state index in [1.807, 2.05) is 13.0 Å². The van der Waals surface area contributed by atoms with Crippen molar-refractivity contribution in [2.75, 3.05) is 5.73 Å². The van der Waals surface area contributed by atoms with E-state index >= 15 is 0 Å². The van der Waals surface area contributed by atoms with E-state index in [0.29, 0.717) is 5.82 Å². The maximum absolute atomic E-state index is 5.56.